The van der Waals surface area contributed by atoms with E-state index in [-0.39, 0.29) is 16.0 Å². The number of hydrogen-bond donors (Lipinski definition) is 1. The first-order valence-electron chi connectivity index (χ1n) is 6.94. The van der Waals surface area contributed by atoms with Gasteiger partial charge in [-0.15, -0.1) is 0 Å². The minimum Gasteiger partial charge on any atom is -0.468 e. The summed E-state index contributed by atoms with van der Waals surface area (Å²) in [7, 11) is -4.09. The molecular weight excluding hydrogens is 378 g/mol. The Bertz CT molecular complexity index is 923. The van der Waals surface area contributed by atoms with E-state index >= 15 is 0 Å². The molecule has 6 nitrogen and oxygen atoms in total. The van der Waals surface area contributed by atoms with Gasteiger partial charge in [0.15, 0.2) is 6.61 Å². The van der Waals surface area contributed by atoms with Gasteiger partial charge in [-0.3, -0.25) is 0 Å². The number of aromatic nitrogens is 1. The van der Waals surface area contributed by atoms with E-state index in [9.17, 15) is 26.0 Å². The molecule has 1 aromatic heterocycles. The van der Waals surface area contributed by atoms with Crippen molar-refractivity contribution in [2.45, 2.75) is 17.6 Å². The molecule has 2 rings (SSSR count). The third-order valence-electron chi connectivity index (χ3n) is 3.03. The summed E-state index contributed by atoms with van der Waals surface area (Å²) in [4.78, 5) is 3.15. The van der Waals surface area contributed by atoms with E-state index in [1.165, 1.54) is 12.1 Å². The minimum absolute atomic E-state index is 0.0364. The van der Waals surface area contributed by atoms with E-state index in [0.29, 0.717) is 0 Å². The largest absolute Gasteiger partial charge is 0.468 e. The second kappa shape index (κ2) is 7.67. The first-order valence-corrected chi connectivity index (χ1v) is 8.43. The molecule has 138 valence electrons. The van der Waals surface area contributed by atoms with E-state index in [4.69, 9.17) is 5.26 Å². The molecule has 0 radical (unpaired) electrons. The maximum atomic E-state index is 13.7. The number of halogens is 4. The Hall–Kier alpha value is -2.71. The molecule has 26 heavy (non-hydrogen) atoms. The van der Waals surface area contributed by atoms with Crippen LogP contribution in [0.15, 0.2) is 41.4 Å². The third kappa shape index (κ3) is 5.40. The van der Waals surface area contributed by atoms with Gasteiger partial charge < -0.3 is 4.74 Å². The first-order chi connectivity index (χ1) is 12.1. The summed E-state index contributed by atoms with van der Waals surface area (Å²) in [5.74, 6) is -1.09. The lowest BCUT2D eigenvalue weighted by molar-refractivity contribution is -0.154. The van der Waals surface area contributed by atoms with Crippen molar-refractivity contribution in [3.63, 3.8) is 0 Å². The van der Waals surface area contributed by atoms with E-state index in [1.807, 2.05) is 0 Å². The zero-order valence-electron chi connectivity index (χ0n) is 12.9. The van der Waals surface area contributed by atoms with Crippen molar-refractivity contribution in [3.8, 4) is 11.9 Å². The van der Waals surface area contributed by atoms with Crippen molar-refractivity contribution in [3.05, 3.63) is 53.5 Å². The number of alkyl halides is 3. The maximum Gasteiger partial charge on any atom is 0.422 e. The van der Waals surface area contributed by atoms with Gasteiger partial charge in [-0.2, -0.15) is 18.4 Å². The molecule has 0 spiro atoms. The Morgan fingerprint density at radius 3 is 2.54 bits per heavy atom. The van der Waals surface area contributed by atoms with Crippen LogP contribution in [0.25, 0.3) is 0 Å². The van der Waals surface area contributed by atoms with Crippen LogP contribution in [-0.4, -0.2) is 26.2 Å². The predicted molar refractivity (Wildman–Crippen MR) is 80.9 cm³/mol. The molecule has 0 atom stereocenters. The normalized spacial score (nSPS) is 11.8. The quantitative estimate of drug-likeness (QED) is 0.767. The Labute approximate surface area is 146 Å². The van der Waals surface area contributed by atoms with Crippen molar-refractivity contribution in [1.29, 1.82) is 5.26 Å². The molecule has 0 amide bonds. The van der Waals surface area contributed by atoms with Crippen LogP contribution >= 0.6 is 0 Å². The number of nitrogens with zero attached hydrogens (tertiary/aromatic N) is 2. The number of benzene rings is 1. The fourth-order valence-corrected chi connectivity index (χ4v) is 2.75. The number of pyridine rings is 1. The van der Waals surface area contributed by atoms with E-state index in [1.54, 1.807) is 6.07 Å². The fraction of sp³-hybridized carbons (Fsp3) is 0.200. The zero-order valence-corrected chi connectivity index (χ0v) is 13.7. The van der Waals surface area contributed by atoms with Crippen LogP contribution in [0.2, 0.25) is 0 Å². The van der Waals surface area contributed by atoms with Crippen molar-refractivity contribution in [2.75, 3.05) is 6.61 Å². The predicted octanol–water partition coefficient (Wildman–Crippen LogP) is 2.51. The lowest BCUT2D eigenvalue weighted by Crippen LogP contribution is -2.24. The molecule has 0 saturated carbocycles. The van der Waals surface area contributed by atoms with Crippen LogP contribution in [0.5, 0.6) is 5.88 Å². The summed E-state index contributed by atoms with van der Waals surface area (Å²) in [5.41, 5.74) is 0.124. The van der Waals surface area contributed by atoms with Crippen LogP contribution in [0.4, 0.5) is 17.6 Å². The molecule has 2 aromatic rings. The number of hydrogen-bond acceptors (Lipinski definition) is 5. The molecule has 0 aliphatic rings. The van der Waals surface area contributed by atoms with Crippen molar-refractivity contribution in [1.82, 2.24) is 9.71 Å². The molecule has 1 aromatic carbocycles. The Balaban J connectivity index is 2.07. The smallest absolute Gasteiger partial charge is 0.422 e. The van der Waals surface area contributed by atoms with E-state index in [2.05, 4.69) is 14.4 Å². The van der Waals surface area contributed by atoms with Gasteiger partial charge in [0.2, 0.25) is 15.9 Å². The highest BCUT2D eigenvalue weighted by atomic mass is 32.2. The number of nitrogens with one attached hydrogen (secondary N) is 1. The average Bonchev–Trinajstić information content (AvgIpc) is 2.59. The summed E-state index contributed by atoms with van der Waals surface area (Å²) in [6, 6.07) is 7.26. The molecule has 0 aliphatic heterocycles. The molecule has 11 heteroatoms. The molecule has 1 heterocycles. The summed E-state index contributed by atoms with van der Waals surface area (Å²) >= 11 is 0. The zero-order chi connectivity index (χ0) is 19.4. The highest BCUT2D eigenvalue weighted by Crippen LogP contribution is 2.18. The van der Waals surface area contributed by atoms with Crippen molar-refractivity contribution < 1.29 is 30.7 Å². The van der Waals surface area contributed by atoms with Crippen LogP contribution in [0, 0.1) is 17.1 Å². The van der Waals surface area contributed by atoms with Crippen molar-refractivity contribution in [2.24, 2.45) is 0 Å². The molecule has 0 bridgehead atoms. The SMILES string of the molecule is N#Cc1ccc(F)c(CNS(=O)(=O)c2ccc(OCC(F)(F)F)nc2)c1. The number of rotatable bonds is 6. The molecule has 0 saturated heterocycles. The van der Waals surface area contributed by atoms with E-state index < -0.39 is 41.0 Å². The highest BCUT2D eigenvalue weighted by molar-refractivity contribution is 7.89. The van der Waals surface area contributed by atoms with Gasteiger partial charge in [0.05, 0.1) is 17.8 Å². The van der Waals surface area contributed by atoms with Gasteiger partial charge in [0.25, 0.3) is 0 Å². The molecule has 0 fully saturated rings. The third-order valence-corrected chi connectivity index (χ3v) is 4.42. The summed E-state index contributed by atoms with van der Waals surface area (Å²) < 4.78 is 80.6. The molecule has 0 unspecified atom stereocenters. The first kappa shape index (κ1) is 19.6. The Kier molecular flexibility index (Phi) is 5.79. The number of nitriles is 1. The summed E-state index contributed by atoms with van der Waals surface area (Å²) in [6.45, 7) is -1.98. The van der Waals surface area contributed by atoms with Crippen molar-refractivity contribution >= 4 is 10.0 Å². The number of sulfonamides is 1. The summed E-state index contributed by atoms with van der Waals surface area (Å²) in [6.07, 6.45) is -3.73. The standard InChI is InChI=1S/C15H11F4N3O3S/c16-13-3-1-10(6-20)5-11(13)7-22-26(23,24)12-2-4-14(21-8-12)25-9-15(17,18)19/h1-5,8,22H,7,9H2. The lowest BCUT2D eigenvalue weighted by Gasteiger charge is -2.10. The number of ether oxygens (including phenoxy) is 1. The Morgan fingerprint density at radius 1 is 1.23 bits per heavy atom. The highest BCUT2D eigenvalue weighted by Gasteiger charge is 2.28. The second-order valence-corrected chi connectivity index (χ2v) is 6.75. The molecule has 1 N–H and O–H groups in total. The Morgan fingerprint density at radius 2 is 1.96 bits per heavy atom. The fourth-order valence-electron chi connectivity index (χ4n) is 1.80. The molecular formula is C15H11F4N3O3S. The van der Waals surface area contributed by atoms with Gasteiger partial charge in [0, 0.05) is 18.2 Å². The van der Waals surface area contributed by atoms with Gasteiger partial charge in [0.1, 0.15) is 10.7 Å². The molecule has 0 aliphatic carbocycles. The monoisotopic (exact) mass is 389 g/mol. The van der Waals surface area contributed by atoms with Crippen LogP contribution in [-0.2, 0) is 16.6 Å². The van der Waals surface area contributed by atoms with Gasteiger partial charge >= 0.3 is 6.18 Å². The average molecular weight is 389 g/mol. The lowest BCUT2D eigenvalue weighted by atomic mass is 10.1. The topological polar surface area (TPSA) is 92.1 Å². The van der Waals surface area contributed by atoms with Gasteiger partial charge in [-0.05, 0) is 24.3 Å². The minimum atomic E-state index is -4.55. The van der Waals surface area contributed by atoms with Crippen LogP contribution in [0.1, 0.15) is 11.1 Å². The van der Waals surface area contributed by atoms with Crippen LogP contribution < -0.4 is 9.46 Å². The van der Waals surface area contributed by atoms with E-state index in [0.717, 1.165) is 24.4 Å². The summed E-state index contributed by atoms with van der Waals surface area (Å²) in [5, 5.41) is 8.78. The van der Waals surface area contributed by atoms with Gasteiger partial charge in [-0.25, -0.2) is 22.5 Å². The van der Waals surface area contributed by atoms with Gasteiger partial charge in [-0.1, -0.05) is 0 Å². The maximum absolute atomic E-state index is 13.7. The van der Waals surface area contributed by atoms with Crippen LogP contribution in [0.3, 0.4) is 0 Å². The second-order valence-electron chi connectivity index (χ2n) is 4.98.